The second kappa shape index (κ2) is 7.39. The molecule has 1 heterocycles. The number of rotatable bonds is 2. The molecule has 1 amide bonds. The Morgan fingerprint density at radius 3 is 2.58 bits per heavy atom. The second-order valence-electron chi connectivity index (χ2n) is 5.12. The normalized spacial score (nSPS) is 19.4. The Morgan fingerprint density at radius 1 is 1.26 bits per heavy atom. The summed E-state index contributed by atoms with van der Waals surface area (Å²) in [5, 5.41) is 0. The van der Waals surface area contributed by atoms with E-state index in [2.05, 4.69) is 6.92 Å². The van der Waals surface area contributed by atoms with Crippen LogP contribution >= 0.6 is 12.4 Å². The Hall–Kier alpha value is -1.22. The smallest absolute Gasteiger partial charge is 0.253 e. The zero-order valence-corrected chi connectivity index (χ0v) is 12.3. The molecule has 3 nitrogen and oxygen atoms in total. The fourth-order valence-corrected chi connectivity index (χ4v) is 2.58. The van der Waals surface area contributed by atoms with Crippen LogP contribution in [0.4, 0.5) is 5.69 Å². The van der Waals surface area contributed by atoms with Gasteiger partial charge in [0.05, 0.1) is 0 Å². The summed E-state index contributed by atoms with van der Waals surface area (Å²) in [5.41, 5.74) is 7.09. The van der Waals surface area contributed by atoms with Crippen molar-refractivity contribution < 1.29 is 4.79 Å². The number of carbonyl (C=O) groups is 1. The summed E-state index contributed by atoms with van der Waals surface area (Å²) in [6.07, 6.45) is 4.74. The van der Waals surface area contributed by atoms with E-state index < -0.39 is 0 Å². The number of nitrogens with zero attached hydrogens (tertiary/aromatic N) is 1. The first-order valence-corrected chi connectivity index (χ1v) is 6.85. The lowest BCUT2D eigenvalue weighted by Gasteiger charge is -2.20. The van der Waals surface area contributed by atoms with Crippen molar-refractivity contribution in [1.29, 1.82) is 0 Å². The van der Waals surface area contributed by atoms with Gasteiger partial charge in [-0.2, -0.15) is 0 Å². The van der Waals surface area contributed by atoms with Crippen molar-refractivity contribution in [2.45, 2.75) is 32.6 Å². The first-order chi connectivity index (χ1) is 8.70. The van der Waals surface area contributed by atoms with Gasteiger partial charge in [0.15, 0.2) is 0 Å². The number of hydrogen-bond donors (Lipinski definition) is 1. The van der Waals surface area contributed by atoms with Gasteiger partial charge in [-0.25, -0.2) is 0 Å². The highest BCUT2D eigenvalue weighted by Crippen LogP contribution is 2.21. The molecule has 1 saturated heterocycles. The number of nitrogen functional groups attached to an aromatic ring is 1. The van der Waals surface area contributed by atoms with Gasteiger partial charge in [0.25, 0.3) is 5.91 Å². The molecule has 4 heteroatoms. The first-order valence-electron chi connectivity index (χ1n) is 6.85. The van der Waals surface area contributed by atoms with Gasteiger partial charge in [-0.15, -0.1) is 12.4 Å². The number of anilines is 1. The van der Waals surface area contributed by atoms with Crippen LogP contribution in [0.2, 0.25) is 0 Å². The number of carbonyl (C=O) groups excluding carboxylic acids is 1. The van der Waals surface area contributed by atoms with Crippen LogP contribution in [0.3, 0.4) is 0 Å². The minimum Gasteiger partial charge on any atom is -0.399 e. The Bertz CT molecular complexity index is 405. The highest BCUT2D eigenvalue weighted by atomic mass is 35.5. The maximum atomic E-state index is 12.3. The molecule has 1 aliphatic heterocycles. The molecule has 0 aromatic heterocycles. The molecule has 2 N–H and O–H groups in total. The third-order valence-corrected chi connectivity index (χ3v) is 3.87. The molecule has 0 radical (unpaired) electrons. The van der Waals surface area contributed by atoms with Crippen molar-refractivity contribution in [2.24, 2.45) is 5.92 Å². The fraction of sp³-hybridized carbons (Fsp3) is 0.533. The number of hydrogen-bond acceptors (Lipinski definition) is 2. The standard InChI is InChI=1S/C15H22N2O.ClH/c1-2-12-4-3-10-17(11-9-12)15(18)13-5-7-14(16)8-6-13;/h5-8,12H,2-4,9-11,16H2,1H3;1H. The molecule has 0 aliphatic carbocycles. The van der Waals surface area contributed by atoms with Crippen LogP contribution < -0.4 is 5.73 Å². The predicted molar refractivity (Wildman–Crippen MR) is 81.6 cm³/mol. The zero-order chi connectivity index (χ0) is 13.0. The molecule has 1 aromatic carbocycles. The van der Waals surface area contributed by atoms with Gasteiger partial charge in [0.2, 0.25) is 0 Å². The average Bonchev–Trinajstić information content (AvgIpc) is 2.64. The van der Waals surface area contributed by atoms with Crippen molar-refractivity contribution in [1.82, 2.24) is 4.90 Å². The highest BCUT2D eigenvalue weighted by Gasteiger charge is 2.20. The van der Waals surface area contributed by atoms with Crippen LogP contribution in [0, 0.1) is 5.92 Å². The molecule has 106 valence electrons. The summed E-state index contributed by atoms with van der Waals surface area (Å²) in [6, 6.07) is 7.22. The summed E-state index contributed by atoms with van der Waals surface area (Å²) in [7, 11) is 0. The van der Waals surface area contributed by atoms with Crippen molar-refractivity contribution in [3.05, 3.63) is 29.8 Å². The summed E-state index contributed by atoms with van der Waals surface area (Å²) in [4.78, 5) is 14.3. The Labute approximate surface area is 121 Å². The van der Waals surface area contributed by atoms with Crippen LogP contribution in [-0.2, 0) is 0 Å². The van der Waals surface area contributed by atoms with E-state index in [1.165, 1.54) is 12.8 Å². The fourth-order valence-electron chi connectivity index (χ4n) is 2.58. The van der Waals surface area contributed by atoms with Gasteiger partial charge < -0.3 is 10.6 Å². The molecule has 0 spiro atoms. The molecule has 0 bridgehead atoms. The topological polar surface area (TPSA) is 46.3 Å². The number of nitrogens with two attached hydrogens (primary N) is 1. The molecule has 2 rings (SSSR count). The van der Waals surface area contributed by atoms with Gasteiger partial charge in [0, 0.05) is 24.3 Å². The lowest BCUT2D eigenvalue weighted by Crippen LogP contribution is -2.32. The van der Waals surface area contributed by atoms with E-state index in [-0.39, 0.29) is 18.3 Å². The third-order valence-electron chi connectivity index (χ3n) is 3.87. The summed E-state index contributed by atoms with van der Waals surface area (Å²) in [5.74, 6) is 0.931. The van der Waals surface area contributed by atoms with Crippen molar-refractivity contribution >= 4 is 24.0 Å². The SMILES string of the molecule is CCC1CCCN(C(=O)c2ccc(N)cc2)CC1.Cl. The summed E-state index contributed by atoms with van der Waals surface area (Å²) < 4.78 is 0. The van der Waals surface area contributed by atoms with Crippen molar-refractivity contribution in [3.8, 4) is 0 Å². The van der Waals surface area contributed by atoms with Crippen LogP contribution in [0.5, 0.6) is 0 Å². The number of amides is 1. The quantitative estimate of drug-likeness (QED) is 0.846. The second-order valence-corrected chi connectivity index (χ2v) is 5.12. The molecule has 1 fully saturated rings. The molecular formula is C15H23ClN2O. The minimum absolute atomic E-state index is 0. The lowest BCUT2D eigenvalue weighted by atomic mass is 9.98. The van der Waals surface area contributed by atoms with Gasteiger partial charge in [-0.3, -0.25) is 4.79 Å². The first kappa shape index (κ1) is 15.8. The monoisotopic (exact) mass is 282 g/mol. The van der Waals surface area contributed by atoms with E-state index in [4.69, 9.17) is 5.73 Å². The molecule has 1 aliphatic rings. The van der Waals surface area contributed by atoms with E-state index in [0.29, 0.717) is 5.69 Å². The summed E-state index contributed by atoms with van der Waals surface area (Å²) >= 11 is 0. The van der Waals surface area contributed by atoms with Gasteiger partial charge in [-0.1, -0.05) is 13.3 Å². The number of benzene rings is 1. The molecule has 0 saturated carbocycles. The predicted octanol–water partition coefficient (Wildman–Crippen LogP) is 3.34. The van der Waals surface area contributed by atoms with E-state index in [0.717, 1.165) is 37.4 Å². The van der Waals surface area contributed by atoms with Gasteiger partial charge in [0.1, 0.15) is 0 Å². The Balaban J connectivity index is 0.00000180. The van der Waals surface area contributed by atoms with E-state index in [1.807, 2.05) is 17.0 Å². The highest BCUT2D eigenvalue weighted by molar-refractivity contribution is 5.94. The van der Waals surface area contributed by atoms with Crippen molar-refractivity contribution in [3.63, 3.8) is 0 Å². The zero-order valence-electron chi connectivity index (χ0n) is 11.5. The maximum absolute atomic E-state index is 12.3. The number of halogens is 1. The van der Waals surface area contributed by atoms with Crippen LogP contribution in [0.25, 0.3) is 0 Å². The summed E-state index contributed by atoms with van der Waals surface area (Å²) in [6.45, 7) is 4.02. The third kappa shape index (κ3) is 4.13. The molecule has 19 heavy (non-hydrogen) atoms. The largest absolute Gasteiger partial charge is 0.399 e. The molecule has 1 atom stereocenters. The van der Waals surface area contributed by atoms with E-state index in [9.17, 15) is 4.79 Å². The number of likely N-dealkylation sites (tertiary alicyclic amines) is 1. The Morgan fingerprint density at radius 2 is 1.95 bits per heavy atom. The molecular weight excluding hydrogens is 260 g/mol. The lowest BCUT2D eigenvalue weighted by molar-refractivity contribution is 0.0760. The van der Waals surface area contributed by atoms with E-state index in [1.54, 1.807) is 12.1 Å². The Kier molecular flexibility index (Phi) is 6.16. The van der Waals surface area contributed by atoms with Gasteiger partial charge in [-0.05, 0) is 49.4 Å². The maximum Gasteiger partial charge on any atom is 0.253 e. The minimum atomic E-state index is 0. The average molecular weight is 283 g/mol. The van der Waals surface area contributed by atoms with Crippen LogP contribution in [-0.4, -0.2) is 23.9 Å². The van der Waals surface area contributed by atoms with Crippen molar-refractivity contribution in [2.75, 3.05) is 18.8 Å². The molecule has 1 unspecified atom stereocenters. The van der Waals surface area contributed by atoms with E-state index >= 15 is 0 Å². The van der Waals surface area contributed by atoms with Gasteiger partial charge >= 0.3 is 0 Å². The van der Waals surface area contributed by atoms with Crippen LogP contribution in [0.1, 0.15) is 43.0 Å². The molecule has 1 aromatic rings. The van der Waals surface area contributed by atoms with Crippen LogP contribution in [0.15, 0.2) is 24.3 Å².